The fraction of sp³-hybridized carbons (Fsp3) is 0.333. The molecule has 0 aliphatic carbocycles. The monoisotopic (exact) mass is 355 g/mol. The Morgan fingerprint density at radius 1 is 1.04 bits per heavy atom. The Labute approximate surface area is 154 Å². The minimum Gasteiger partial charge on any atom is -0.482 e. The van der Waals surface area contributed by atoms with Crippen LogP contribution in [0.15, 0.2) is 48.5 Å². The summed E-state index contributed by atoms with van der Waals surface area (Å²) in [4.78, 5) is 24.0. The summed E-state index contributed by atoms with van der Waals surface area (Å²) in [7, 11) is 0. The third kappa shape index (κ3) is 5.62. The topological polar surface area (TPSA) is 64.6 Å². The van der Waals surface area contributed by atoms with Crippen molar-refractivity contribution in [2.24, 2.45) is 0 Å². The molecule has 0 heterocycles. The zero-order chi connectivity index (χ0) is 18.9. The fourth-order valence-electron chi connectivity index (χ4n) is 2.33. The Hall–Kier alpha value is -2.82. The molecule has 5 heteroatoms. The second-order valence-electron chi connectivity index (χ2n) is 5.99. The van der Waals surface area contributed by atoms with Gasteiger partial charge in [0.05, 0.1) is 6.10 Å². The van der Waals surface area contributed by atoms with Crippen molar-refractivity contribution in [3.8, 4) is 5.75 Å². The first-order chi connectivity index (χ1) is 12.5. The maximum Gasteiger partial charge on any atom is 0.344 e. The van der Waals surface area contributed by atoms with E-state index in [9.17, 15) is 9.59 Å². The lowest BCUT2D eigenvalue weighted by Crippen LogP contribution is -2.20. The van der Waals surface area contributed by atoms with Gasteiger partial charge in [-0.05, 0) is 55.7 Å². The number of esters is 1. The third-order valence-electron chi connectivity index (χ3n) is 4.03. The number of hydrogen-bond acceptors (Lipinski definition) is 4. The summed E-state index contributed by atoms with van der Waals surface area (Å²) < 4.78 is 10.5. The Balaban J connectivity index is 1.92. The van der Waals surface area contributed by atoms with E-state index in [1.165, 1.54) is 0 Å². The number of carbonyl (C=O) groups is 2. The van der Waals surface area contributed by atoms with E-state index in [-0.39, 0.29) is 18.6 Å². The number of aryl methyl sites for hydroxylation is 1. The normalized spacial score (nSPS) is 11.5. The molecule has 26 heavy (non-hydrogen) atoms. The smallest absolute Gasteiger partial charge is 0.344 e. The average Bonchev–Trinajstić information content (AvgIpc) is 2.67. The standard InChI is InChI=1S/C21H25NO4/c1-4-15(3)26-20(23)14-25-18-12-10-17(11-13-18)21(24)22-19-9-7-6-8-16(19)5-2/h6-13,15H,4-5,14H2,1-3H3,(H,22,24)/t15-/m1/s1. The quantitative estimate of drug-likeness (QED) is 0.720. The number of para-hydroxylation sites is 1. The van der Waals surface area contributed by atoms with Crippen molar-refractivity contribution in [1.82, 2.24) is 0 Å². The van der Waals surface area contributed by atoms with Crippen molar-refractivity contribution >= 4 is 17.6 Å². The lowest BCUT2D eigenvalue weighted by atomic mass is 10.1. The molecule has 0 fully saturated rings. The highest BCUT2D eigenvalue weighted by Gasteiger charge is 2.10. The second-order valence-corrected chi connectivity index (χ2v) is 5.99. The predicted molar refractivity (Wildman–Crippen MR) is 102 cm³/mol. The molecule has 1 N–H and O–H groups in total. The molecule has 0 radical (unpaired) electrons. The molecule has 0 aliphatic rings. The summed E-state index contributed by atoms with van der Waals surface area (Å²) in [6.07, 6.45) is 1.48. The second kappa shape index (κ2) is 9.61. The van der Waals surface area contributed by atoms with Gasteiger partial charge in [-0.25, -0.2) is 4.79 Å². The van der Waals surface area contributed by atoms with Crippen molar-refractivity contribution in [2.75, 3.05) is 11.9 Å². The first-order valence-electron chi connectivity index (χ1n) is 8.85. The lowest BCUT2D eigenvalue weighted by Gasteiger charge is -2.12. The zero-order valence-electron chi connectivity index (χ0n) is 15.5. The molecular formula is C21H25NO4. The summed E-state index contributed by atoms with van der Waals surface area (Å²) in [5.74, 6) is -0.0809. The average molecular weight is 355 g/mol. The van der Waals surface area contributed by atoms with Gasteiger partial charge in [-0.3, -0.25) is 4.79 Å². The van der Waals surface area contributed by atoms with Gasteiger partial charge in [0.15, 0.2) is 6.61 Å². The van der Waals surface area contributed by atoms with E-state index in [0.29, 0.717) is 11.3 Å². The van der Waals surface area contributed by atoms with Gasteiger partial charge in [-0.1, -0.05) is 32.0 Å². The molecular weight excluding hydrogens is 330 g/mol. The van der Waals surface area contributed by atoms with Crippen LogP contribution in [0.1, 0.15) is 43.1 Å². The Morgan fingerprint density at radius 3 is 2.38 bits per heavy atom. The molecule has 5 nitrogen and oxygen atoms in total. The summed E-state index contributed by atoms with van der Waals surface area (Å²) in [5, 5.41) is 2.92. The minimum absolute atomic E-state index is 0.122. The highest BCUT2D eigenvalue weighted by molar-refractivity contribution is 6.04. The van der Waals surface area contributed by atoms with Crippen molar-refractivity contribution < 1.29 is 19.1 Å². The van der Waals surface area contributed by atoms with Crippen LogP contribution < -0.4 is 10.1 Å². The summed E-state index contributed by atoms with van der Waals surface area (Å²) in [5.41, 5.74) is 2.42. The Bertz CT molecular complexity index is 740. The highest BCUT2D eigenvalue weighted by atomic mass is 16.6. The Morgan fingerprint density at radius 2 is 1.73 bits per heavy atom. The van der Waals surface area contributed by atoms with Gasteiger partial charge in [-0.15, -0.1) is 0 Å². The van der Waals surface area contributed by atoms with Crippen LogP contribution in [0.25, 0.3) is 0 Å². The molecule has 0 aliphatic heterocycles. The largest absolute Gasteiger partial charge is 0.482 e. The van der Waals surface area contributed by atoms with Gasteiger partial charge in [0, 0.05) is 11.3 Å². The number of rotatable bonds is 8. The van der Waals surface area contributed by atoms with Gasteiger partial charge in [0.1, 0.15) is 5.75 Å². The molecule has 2 aromatic carbocycles. The fourth-order valence-corrected chi connectivity index (χ4v) is 2.33. The number of nitrogens with one attached hydrogen (secondary N) is 1. The van der Waals surface area contributed by atoms with Crippen molar-refractivity contribution in [3.63, 3.8) is 0 Å². The van der Waals surface area contributed by atoms with E-state index < -0.39 is 5.97 Å². The lowest BCUT2D eigenvalue weighted by molar-refractivity contribution is -0.150. The molecule has 1 atom stereocenters. The van der Waals surface area contributed by atoms with Gasteiger partial charge in [0.2, 0.25) is 0 Å². The van der Waals surface area contributed by atoms with Gasteiger partial charge in [0.25, 0.3) is 5.91 Å². The molecule has 0 unspecified atom stereocenters. The van der Waals surface area contributed by atoms with E-state index in [2.05, 4.69) is 5.32 Å². The van der Waals surface area contributed by atoms with Crippen LogP contribution in [0.2, 0.25) is 0 Å². The van der Waals surface area contributed by atoms with E-state index in [1.807, 2.05) is 45.0 Å². The van der Waals surface area contributed by atoms with Gasteiger partial charge in [-0.2, -0.15) is 0 Å². The zero-order valence-corrected chi connectivity index (χ0v) is 15.5. The van der Waals surface area contributed by atoms with Crippen molar-refractivity contribution in [3.05, 3.63) is 59.7 Å². The number of hydrogen-bond donors (Lipinski definition) is 1. The Kier molecular flexibility index (Phi) is 7.21. The maximum absolute atomic E-state index is 12.4. The van der Waals surface area contributed by atoms with E-state index >= 15 is 0 Å². The number of ether oxygens (including phenoxy) is 2. The summed E-state index contributed by atoms with van der Waals surface area (Å²) in [6.45, 7) is 5.67. The SMILES string of the molecule is CCc1ccccc1NC(=O)c1ccc(OCC(=O)O[C@H](C)CC)cc1. The molecule has 2 aromatic rings. The minimum atomic E-state index is -0.405. The molecule has 0 bridgehead atoms. The van der Waals surface area contributed by atoms with Crippen LogP contribution >= 0.6 is 0 Å². The molecule has 0 saturated carbocycles. The van der Waals surface area contributed by atoms with Crippen LogP contribution in [-0.2, 0) is 16.0 Å². The molecule has 0 spiro atoms. The maximum atomic E-state index is 12.4. The van der Waals surface area contributed by atoms with E-state index in [4.69, 9.17) is 9.47 Å². The highest BCUT2D eigenvalue weighted by Crippen LogP contribution is 2.18. The third-order valence-corrected chi connectivity index (χ3v) is 4.03. The number of amides is 1. The van der Waals surface area contributed by atoms with E-state index in [0.717, 1.165) is 24.1 Å². The number of carbonyl (C=O) groups excluding carboxylic acids is 2. The van der Waals surface area contributed by atoms with Crippen molar-refractivity contribution in [1.29, 1.82) is 0 Å². The number of benzene rings is 2. The van der Waals surface area contributed by atoms with Crippen LogP contribution in [0.3, 0.4) is 0 Å². The molecule has 138 valence electrons. The summed E-state index contributed by atoms with van der Waals surface area (Å²) in [6, 6.07) is 14.4. The van der Waals surface area contributed by atoms with Crippen molar-refractivity contribution in [2.45, 2.75) is 39.7 Å². The molecule has 0 saturated heterocycles. The molecule has 0 aromatic heterocycles. The molecule has 1 amide bonds. The van der Waals surface area contributed by atoms with Crippen LogP contribution in [0.5, 0.6) is 5.75 Å². The number of anilines is 1. The van der Waals surface area contributed by atoms with Gasteiger partial charge < -0.3 is 14.8 Å². The molecule has 2 rings (SSSR count). The van der Waals surface area contributed by atoms with Crippen LogP contribution in [-0.4, -0.2) is 24.6 Å². The van der Waals surface area contributed by atoms with E-state index in [1.54, 1.807) is 24.3 Å². The van der Waals surface area contributed by atoms with Crippen LogP contribution in [0, 0.1) is 0 Å². The first-order valence-corrected chi connectivity index (χ1v) is 8.85. The van der Waals surface area contributed by atoms with Gasteiger partial charge >= 0.3 is 5.97 Å². The first kappa shape index (κ1) is 19.5. The summed E-state index contributed by atoms with van der Waals surface area (Å²) >= 11 is 0. The predicted octanol–water partition coefficient (Wildman–Crippen LogP) is 4.22. The van der Waals surface area contributed by atoms with Crippen LogP contribution in [0.4, 0.5) is 5.69 Å².